The molecule has 9 heteroatoms. The normalized spacial score (nSPS) is 18.3. The van der Waals surface area contributed by atoms with Crippen LogP contribution in [0, 0.1) is 10.1 Å². The van der Waals surface area contributed by atoms with Crippen molar-refractivity contribution in [3.63, 3.8) is 0 Å². The van der Waals surface area contributed by atoms with Crippen LogP contribution in [0.15, 0.2) is 54.1 Å². The van der Waals surface area contributed by atoms with Crippen molar-refractivity contribution in [3.8, 4) is 0 Å². The van der Waals surface area contributed by atoms with Crippen molar-refractivity contribution in [3.05, 3.63) is 75.3 Å². The van der Waals surface area contributed by atoms with Crippen molar-refractivity contribution >= 4 is 34.7 Å². The van der Waals surface area contributed by atoms with E-state index in [1.807, 2.05) is 0 Å². The number of hydrogen-bond acceptors (Lipinski definition) is 7. The Hall–Kier alpha value is -3.85. The lowest BCUT2D eigenvalue weighted by molar-refractivity contribution is -0.384. The summed E-state index contributed by atoms with van der Waals surface area (Å²) in [5.74, 6) is -1.23. The number of carbonyl (C=O) groups excluding carboxylic acids is 3. The molecule has 0 radical (unpaired) electrons. The molecular weight excluding hydrogens is 366 g/mol. The lowest BCUT2D eigenvalue weighted by atomic mass is 10.0. The molecule has 1 atom stereocenters. The van der Waals surface area contributed by atoms with Gasteiger partial charge in [0.05, 0.1) is 21.9 Å². The minimum atomic E-state index is -1.11. The Kier molecular flexibility index (Phi) is 4.01. The van der Waals surface area contributed by atoms with Crippen LogP contribution in [0.5, 0.6) is 0 Å². The second-order valence-electron chi connectivity index (χ2n) is 6.27. The van der Waals surface area contributed by atoms with Gasteiger partial charge in [-0.15, -0.1) is 0 Å². The highest BCUT2D eigenvalue weighted by molar-refractivity contribution is 6.33. The number of non-ortho nitro benzene ring substituents is 1. The van der Waals surface area contributed by atoms with Crippen LogP contribution in [-0.4, -0.2) is 28.6 Å². The summed E-state index contributed by atoms with van der Waals surface area (Å²) in [6.45, 7) is 1.42. The molecule has 4 rings (SSSR count). The maximum atomic E-state index is 12.9. The van der Waals surface area contributed by atoms with Gasteiger partial charge < -0.3 is 0 Å². The Morgan fingerprint density at radius 2 is 1.75 bits per heavy atom. The van der Waals surface area contributed by atoms with Crippen LogP contribution < -0.4 is 10.4 Å². The summed E-state index contributed by atoms with van der Waals surface area (Å²) in [6, 6.07) is 11.7. The molecule has 0 aliphatic carbocycles. The van der Waals surface area contributed by atoms with Crippen LogP contribution in [0.1, 0.15) is 22.8 Å². The van der Waals surface area contributed by atoms with E-state index in [0.29, 0.717) is 22.5 Å². The number of rotatable bonds is 4. The summed E-state index contributed by atoms with van der Waals surface area (Å²) >= 11 is 0. The Bertz CT molecular complexity index is 1060. The molecule has 0 aromatic heterocycles. The van der Waals surface area contributed by atoms with E-state index in [1.54, 1.807) is 0 Å². The minimum absolute atomic E-state index is 0.0918. The zero-order valence-corrected chi connectivity index (χ0v) is 14.5. The van der Waals surface area contributed by atoms with Gasteiger partial charge >= 0.3 is 0 Å². The Balaban J connectivity index is 1.71. The Labute approximate surface area is 158 Å². The number of carbonyl (C=O) groups is 3. The molecule has 1 fully saturated rings. The van der Waals surface area contributed by atoms with Crippen molar-refractivity contribution in [1.82, 2.24) is 5.48 Å². The summed E-state index contributed by atoms with van der Waals surface area (Å²) in [7, 11) is 0. The number of anilines is 1. The number of hydroxylamine groups is 1. The molecule has 28 heavy (non-hydrogen) atoms. The highest BCUT2D eigenvalue weighted by Gasteiger charge is 2.50. The van der Waals surface area contributed by atoms with Gasteiger partial charge in [-0.2, -0.15) is 0 Å². The molecule has 0 bridgehead atoms. The summed E-state index contributed by atoms with van der Waals surface area (Å²) < 4.78 is 0. The molecule has 2 aliphatic heterocycles. The highest BCUT2D eigenvalue weighted by atomic mass is 16.7. The zero-order valence-electron chi connectivity index (χ0n) is 14.5. The molecular formula is C19H13N3O6. The van der Waals surface area contributed by atoms with E-state index in [4.69, 9.17) is 4.84 Å². The zero-order chi connectivity index (χ0) is 20.0. The van der Waals surface area contributed by atoms with E-state index in [0.717, 1.165) is 4.90 Å². The number of hydrogen-bond donors (Lipinski definition) is 1. The first-order valence-electron chi connectivity index (χ1n) is 8.28. The average molecular weight is 379 g/mol. The van der Waals surface area contributed by atoms with Crippen LogP contribution in [-0.2, 0) is 14.4 Å². The first-order valence-corrected chi connectivity index (χ1v) is 8.28. The molecule has 2 heterocycles. The Morgan fingerprint density at radius 1 is 1.11 bits per heavy atom. The van der Waals surface area contributed by atoms with E-state index in [1.165, 1.54) is 55.5 Å². The number of amides is 2. The topological polar surface area (TPSA) is 119 Å². The number of imide groups is 1. The molecule has 140 valence electrons. The van der Waals surface area contributed by atoms with Gasteiger partial charge in [-0.05, 0) is 43.3 Å². The number of nitrogens with one attached hydrogen (secondary N) is 1. The number of nitrogens with zero attached hydrogens (tertiary/aromatic N) is 2. The molecule has 2 aromatic rings. The minimum Gasteiger partial charge on any atom is -0.295 e. The van der Waals surface area contributed by atoms with Gasteiger partial charge in [0.2, 0.25) is 0 Å². The summed E-state index contributed by atoms with van der Waals surface area (Å²) in [4.78, 5) is 53.6. The van der Waals surface area contributed by atoms with Crippen molar-refractivity contribution < 1.29 is 24.1 Å². The first-order chi connectivity index (χ1) is 13.4. The third kappa shape index (κ3) is 2.65. The summed E-state index contributed by atoms with van der Waals surface area (Å²) in [6.07, 6.45) is -1.11. The standard InChI is InChI=1S/C19H13N3O6/c1-10(23)11-2-6-13(7-3-11)21-18(24)15-16(20-28-17(15)19(21)25)12-4-8-14(9-5-12)22(26)27/h2-9,17,20H,1H3/t17-/m0/s1. The number of nitro benzene ring substituents is 1. The molecule has 1 saturated heterocycles. The Morgan fingerprint density at radius 3 is 2.32 bits per heavy atom. The average Bonchev–Trinajstić information content (AvgIpc) is 3.22. The quantitative estimate of drug-likeness (QED) is 0.373. The van der Waals surface area contributed by atoms with Gasteiger partial charge in [-0.1, -0.05) is 0 Å². The third-order valence-corrected chi connectivity index (χ3v) is 4.59. The SMILES string of the molecule is CC(=O)c1ccc(N2C(=O)C3=C(c4ccc([N+](=O)[O-])cc4)NO[C@@H]3C2=O)cc1. The van der Waals surface area contributed by atoms with Crippen molar-refractivity contribution in [2.75, 3.05) is 4.90 Å². The molecule has 1 N–H and O–H groups in total. The van der Waals surface area contributed by atoms with Gasteiger partial charge in [0, 0.05) is 23.3 Å². The number of ketones is 1. The van der Waals surface area contributed by atoms with Crippen LogP contribution in [0.3, 0.4) is 0 Å². The maximum absolute atomic E-state index is 12.9. The second kappa shape index (κ2) is 6.39. The number of nitro groups is 1. The predicted octanol–water partition coefficient (Wildman–Crippen LogP) is 1.99. The fraction of sp³-hybridized carbons (Fsp3) is 0.105. The second-order valence-corrected chi connectivity index (χ2v) is 6.27. The summed E-state index contributed by atoms with van der Waals surface area (Å²) in [5.41, 5.74) is 4.19. The molecule has 9 nitrogen and oxygen atoms in total. The van der Waals surface area contributed by atoms with Gasteiger partial charge in [-0.25, -0.2) is 4.90 Å². The van der Waals surface area contributed by atoms with Crippen LogP contribution >= 0.6 is 0 Å². The number of fused-ring (bicyclic) bond motifs is 1. The maximum Gasteiger partial charge on any atom is 0.270 e. The van der Waals surface area contributed by atoms with Crippen LogP contribution in [0.2, 0.25) is 0 Å². The van der Waals surface area contributed by atoms with Gasteiger partial charge in [0.25, 0.3) is 17.5 Å². The van der Waals surface area contributed by atoms with Crippen LogP contribution in [0.4, 0.5) is 11.4 Å². The monoisotopic (exact) mass is 379 g/mol. The molecule has 0 spiro atoms. The smallest absolute Gasteiger partial charge is 0.270 e. The molecule has 2 aromatic carbocycles. The van der Waals surface area contributed by atoms with E-state index >= 15 is 0 Å². The molecule has 2 aliphatic rings. The van der Waals surface area contributed by atoms with E-state index < -0.39 is 22.8 Å². The fourth-order valence-corrected chi connectivity index (χ4v) is 3.15. The lowest BCUT2D eigenvalue weighted by Gasteiger charge is -2.16. The largest absolute Gasteiger partial charge is 0.295 e. The van der Waals surface area contributed by atoms with E-state index in [9.17, 15) is 24.5 Å². The van der Waals surface area contributed by atoms with Gasteiger partial charge in [0.15, 0.2) is 11.9 Å². The molecule has 2 amide bonds. The first kappa shape index (κ1) is 17.6. The van der Waals surface area contributed by atoms with Gasteiger partial charge in [-0.3, -0.25) is 34.8 Å². The predicted molar refractivity (Wildman–Crippen MR) is 97.0 cm³/mol. The highest BCUT2D eigenvalue weighted by Crippen LogP contribution is 2.36. The lowest BCUT2D eigenvalue weighted by Crippen LogP contribution is -2.34. The van der Waals surface area contributed by atoms with Crippen molar-refractivity contribution in [2.45, 2.75) is 13.0 Å². The van der Waals surface area contributed by atoms with E-state index in [2.05, 4.69) is 5.48 Å². The fourth-order valence-electron chi connectivity index (χ4n) is 3.15. The summed E-state index contributed by atoms with van der Waals surface area (Å²) in [5, 5.41) is 10.8. The van der Waals surface area contributed by atoms with Gasteiger partial charge in [0.1, 0.15) is 0 Å². The van der Waals surface area contributed by atoms with Crippen LogP contribution in [0.25, 0.3) is 5.70 Å². The van der Waals surface area contributed by atoms with Crippen molar-refractivity contribution in [2.24, 2.45) is 0 Å². The number of Topliss-reactive ketones (excluding diaryl/α,β-unsaturated/α-hetero) is 1. The molecule has 0 unspecified atom stereocenters. The van der Waals surface area contributed by atoms with E-state index in [-0.39, 0.29) is 17.0 Å². The third-order valence-electron chi connectivity index (χ3n) is 4.59. The molecule has 0 saturated carbocycles. The number of benzene rings is 2. The van der Waals surface area contributed by atoms with Crippen molar-refractivity contribution in [1.29, 1.82) is 0 Å².